The largest absolute Gasteiger partial charge is 0.311 e. The van der Waals surface area contributed by atoms with E-state index in [1.807, 2.05) is 0 Å². The normalized spacial score (nSPS) is 11.5. The number of anilines is 9. The van der Waals surface area contributed by atoms with Crippen molar-refractivity contribution in [2.45, 2.75) is 0 Å². The number of rotatable bonds is 14. The van der Waals surface area contributed by atoms with Crippen LogP contribution in [-0.2, 0) is 0 Å². The molecule has 0 saturated heterocycles. The van der Waals surface area contributed by atoms with Crippen molar-refractivity contribution in [3.05, 3.63) is 534 Å². The van der Waals surface area contributed by atoms with Crippen molar-refractivity contribution in [1.82, 2.24) is 13.7 Å². The molecule has 0 aliphatic carbocycles. The molecule has 27 rings (SSSR count). The number of hydrogen-bond acceptors (Lipinski definition) is 3. The van der Waals surface area contributed by atoms with Gasteiger partial charge < -0.3 is 28.4 Å². The predicted octanol–water partition coefficient (Wildman–Crippen LogP) is 36.2. The molecule has 0 saturated carbocycles. The van der Waals surface area contributed by atoms with Crippen molar-refractivity contribution in [3.8, 4) is 39.3 Å². The summed E-state index contributed by atoms with van der Waals surface area (Å²) in [5.74, 6) is 0. The standard InChI is InChI=1S/2C44H30N2.C42H28N2/c1-3-12-31(13-4-1)32-22-26-36(27-23-32)45(35-16-5-2-6-17-35)37-18-11-19-38(30-37)46-42-29-25-33-14-7-9-20-39(33)43(42)41-28-24-34-15-8-10-21-40(34)44(41)46;1-3-11-31(12-4-1)32-19-23-36(24-20-32)45(35-15-5-2-6-16-35)37-25-27-38(28-26-37)46-42-30-22-33-13-7-9-17-39(33)43(42)41-29-21-34-14-8-10-18-40(34)44(41)46;1-2-15-33(16-3-1)43(36-24-21-29-11-4-5-14-32(29)27-36)34-17-10-18-35(28-34)44-40-26-23-30-12-6-8-19-37(30)41(40)39-25-22-31-13-7-9-20-38(31)42(39)44/h2*1-30H;1-28H. The molecular formula is C130H88N6. The minimum Gasteiger partial charge on any atom is -0.311 e. The quantitative estimate of drug-likeness (QED) is 0.108. The summed E-state index contributed by atoms with van der Waals surface area (Å²) >= 11 is 0. The minimum atomic E-state index is 1.10. The zero-order valence-electron chi connectivity index (χ0n) is 74.5. The van der Waals surface area contributed by atoms with E-state index in [2.05, 4.69) is 562 Å². The van der Waals surface area contributed by atoms with E-state index in [1.165, 1.54) is 163 Å². The second-order valence-corrected chi connectivity index (χ2v) is 35.0. The molecule has 0 spiro atoms. The first-order chi connectivity index (χ1) is 67.5. The Bertz CT molecular complexity index is 9210. The van der Waals surface area contributed by atoms with E-state index in [9.17, 15) is 0 Å². The number of para-hydroxylation sites is 3. The van der Waals surface area contributed by atoms with Gasteiger partial charge in [-0.15, -0.1) is 0 Å². The highest BCUT2D eigenvalue weighted by atomic mass is 15.2. The van der Waals surface area contributed by atoms with E-state index >= 15 is 0 Å². The highest BCUT2D eigenvalue weighted by Crippen LogP contribution is 2.48. The van der Waals surface area contributed by atoms with Crippen LogP contribution in [-0.4, -0.2) is 13.7 Å². The number of benzene rings is 24. The van der Waals surface area contributed by atoms with E-state index in [4.69, 9.17) is 0 Å². The first-order valence-electron chi connectivity index (χ1n) is 46.7. The van der Waals surface area contributed by atoms with Crippen molar-refractivity contribution >= 4 is 192 Å². The lowest BCUT2D eigenvalue weighted by Crippen LogP contribution is -2.10. The highest BCUT2D eigenvalue weighted by molar-refractivity contribution is 6.29. The first-order valence-corrected chi connectivity index (χ1v) is 46.7. The van der Waals surface area contributed by atoms with Gasteiger partial charge in [-0.3, -0.25) is 0 Å². The van der Waals surface area contributed by atoms with Gasteiger partial charge in [-0.25, -0.2) is 0 Å². The van der Waals surface area contributed by atoms with E-state index in [1.54, 1.807) is 0 Å². The van der Waals surface area contributed by atoms with Gasteiger partial charge in [0.05, 0.1) is 33.1 Å². The molecule has 0 fully saturated rings. The SMILES string of the molecule is c1ccc(-c2ccc(N(c3ccccc3)c3ccc(-n4c5ccc6ccccc6c5c5ccc6ccccc6c54)cc3)cc2)cc1.c1ccc(-c2ccc(N(c3ccccc3)c3cccc(-n4c5ccc6ccccc6c5c5ccc6ccccc6c54)c3)cc2)cc1.c1ccc(N(c2cccc(-n3c4ccc5ccccc5c4c4ccc5ccccc5c43)c2)c2ccc3ccccc3c2)cc1. The molecule has 3 heterocycles. The number of hydrogen-bond donors (Lipinski definition) is 0. The van der Waals surface area contributed by atoms with Crippen LogP contribution >= 0.6 is 0 Å². The van der Waals surface area contributed by atoms with Crippen LogP contribution in [0, 0.1) is 0 Å². The maximum Gasteiger partial charge on any atom is 0.0619 e. The van der Waals surface area contributed by atoms with Gasteiger partial charge in [0, 0.05) is 117 Å². The topological polar surface area (TPSA) is 24.5 Å². The Hall–Kier alpha value is -18.1. The Morgan fingerprint density at radius 2 is 0.360 bits per heavy atom. The van der Waals surface area contributed by atoms with Crippen LogP contribution in [0.1, 0.15) is 0 Å². The van der Waals surface area contributed by atoms with Gasteiger partial charge in [-0.1, -0.05) is 382 Å². The summed E-state index contributed by atoms with van der Waals surface area (Å²) in [5, 5.41) is 25.3. The summed E-state index contributed by atoms with van der Waals surface area (Å²) in [5.41, 5.74) is 25.7. The Morgan fingerprint density at radius 1 is 0.125 bits per heavy atom. The lowest BCUT2D eigenvalue weighted by molar-refractivity contribution is 1.17. The van der Waals surface area contributed by atoms with Gasteiger partial charge >= 0.3 is 0 Å². The number of aromatic nitrogens is 3. The predicted molar refractivity (Wildman–Crippen MR) is 580 cm³/mol. The molecule has 6 nitrogen and oxygen atoms in total. The van der Waals surface area contributed by atoms with Crippen molar-refractivity contribution < 1.29 is 0 Å². The fourth-order valence-electron chi connectivity index (χ4n) is 21.0. The van der Waals surface area contributed by atoms with Crippen LogP contribution in [0.5, 0.6) is 0 Å². The molecule has 0 bridgehead atoms. The van der Waals surface area contributed by atoms with Crippen molar-refractivity contribution in [2.24, 2.45) is 0 Å². The molecule has 3 aromatic heterocycles. The van der Waals surface area contributed by atoms with Crippen LogP contribution in [0.2, 0.25) is 0 Å². The molecule has 0 unspecified atom stereocenters. The third-order valence-electron chi connectivity index (χ3n) is 27.2. The number of fused-ring (bicyclic) bond motifs is 22. The van der Waals surface area contributed by atoms with Gasteiger partial charge in [0.2, 0.25) is 0 Å². The lowest BCUT2D eigenvalue weighted by Gasteiger charge is -2.26. The van der Waals surface area contributed by atoms with Gasteiger partial charge in [0.1, 0.15) is 0 Å². The lowest BCUT2D eigenvalue weighted by atomic mass is 10.0. The molecule has 0 radical (unpaired) electrons. The third kappa shape index (κ3) is 14.2. The zero-order chi connectivity index (χ0) is 89.9. The summed E-state index contributed by atoms with van der Waals surface area (Å²) in [6.45, 7) is 0. The van der Waals surface area contributed by atoms with Gasteiger partial charge in [-0.05, 0) is 233 Å². The van der Waals surface area contributed by atoms with Gasteiger partial charge in [0.25, 0.3) is 0 Å². The average Bonchev–Trinajstić information content (AvgIpc) is 1.57. The Labute approximate surface area is 788 Å². The average molecular weight is 1730 g/mol. The third-order valence-corrected chi connectivity index (χ3v) is 27.2. The molecule has 136 heavy (non-hydrogen) atoms. The Balaban J connectivity index is 0.000000109. The smallest absolute Gasteiger partial charge is 0.0619 e. The van der Waals surface area contributed by atoms with Crippen LogP contribution in [0.25, 0.3) is 180 Å². The molecule has 0 aliphatic rings. The van der Waals surface area contributed by atoms with Crippen molar-refractivity contribution in [1.29, 1.82) is 0 Å². The summed E-state index contributed by atoms with van der Waals surface area (Å²) in [6, 6.07) is 193. The van der Waals surface area contributed by atoms with E-state index in [0.717, 1.165) is 68.2 Å². The Morgan fingerprint density at radius 3 is 0.728 bits per heavy atom. The van der Waals surface area contributed by atoms with Crippen molar-refractivity contribution in [2.75, 3.05) is 14.7 Å². The molecule has 0 amide bonds. The van der Waals surface area contributed by atoms with Crippen LogP contribution in [0.3, 0.4) is 0 Å². The molecule has 0 aliphatic heterocycles. The van der Waals surface area contributed by atoms with Crippen LogP contribution in [0.15, 0.2) is 534 Å². The summed E-state index contributed by atoms with van der Waals surface area (Å²) in [6.07, 6.45) is 0. The highest BCUT2D eigenvalue weighted by Gasteiger charge is 2.25. The second-order valence-electron chi connectivity index (χ2n) is 35.0. The Kier molecular flexibility index (Phi) is 20.2. The molecule has 24 aromatic carbocycles. The van der Waals surface area contributed by atoms with Crippen LogP contribution < -0.4 is 14.7 Å². The fraction of sp³-hybridized carbons (Fsp3) is 0. The molecule has 0 N–H and O–H groups in total. The summed E-state index contributed by atoms with van der Waals surface area (Å²) in [7, 11) is 0. The van der Waals surface area contributed by atoms with Crippen molar-refractivity contribution in [3.63, 3.8) is 0 Å². The monoisotopic (exact) mass is 1730 g/mol. The summed E-state index contributed by atoms with van der Waals surface area (Å²) in [4.78, 5) is 7.03. The van der Waals surface area contributed by atoms with Gasteiger partial charge in [0.15, 0.2) is 0 Å². The fourth-order valence-corrected chi connectivity index (χ4v) is 21.0. The maximum absolute atomic E-state index is 2.46. The molecule has 27 aromatic rings. The summed E-state index contributed by atoms with van der Waals surface area (Å²) < 4.78 is 7.38. The molecule has 0 atom stereocenters. The molecule has 6 heteroatoms. The van der Waals surface area contributed by atoms with Gasteiger partial charge in [-0.2, -0.15) is 0 Å². The zero-order valence-corrected chi connectivity index (χ0v) is 74.5. The van der Waals surface area contributed by atoms with Crippen LogP contribution in [0.4, 0.5) is 51.2 Å². The molecular weight excluding hydrogens is 1650 g/mol. The van der Waals surface area contributed by atoms with E-state index in [-0.39, 0.29) is 0 Å². The second kappa shape index (κ2) is 34.3. The molecule has 638 valence electrons. The van der Waals surface area contributed by atoms with E-state index in [0.29, 0.717) is 0 Å². The first kappa shape index (κ1) is 80.0. The minimum absolute atomic E-state index is 1.10. The van der Waals surface area contributed by atoms with E-state index < -0.39 is 0 Å². The number of nitrogens with zero attached hydrogens (tertiary/aromatic N) is 6. The maximum atomic E-state index is 2.46.